The molecule has 1 aromatic rings. The number of nitrogens with zero attached hydrogens (tertiary/aromatic N) is 1. The van der Waals surface area contributed by atoms with Gasteiger partial charge in [-0.2, -0.15) is 4.31 Å². The first-order valence-electron chi connectivity index (χ1n) is 6.67. The summed E-state index contributed by atoms with van der Waals surface area (Å²) in [6.07, 6.45) is 0.925. The zero-order chi connectivity index (χ0) is 14.2. The maximum absolute atomic E-state index is 12.7. The van der Waals surface area contributed by atoms with Gasteiger partial charge < -0.3 is 5.73 Å². The zero-order valence-electron chi connectivity index (χ0n) is 11.8. The Labute approximate surface area is 115 Å². The van der Waals surface area contributed by atoms with Crippen LogP contribution in [-0.4, -0.2) is 25.3 Å². The molecule has 2 N–H and O–H groups in total. The van der Waals surface area contributed by atoms with E-state index in [9.17, 15) is 8.42 Å². The van der Waals surface area contributed by atoms with Crippen molar-refractivity contribution in [2.75, 3.05) is 6.54 Å². The Morgan fingerprint density at radius 3 is 2.58 bits per heavy atom. The highest BCUT2D eigenvalue weighted by Gasteiger charge is 2.36. The topological polar surface area (TPSA) is 63.4 Å². The minimum Gasteiger partial charge on any atom is -0.326 e. The Balaban J connectivity index is 2.40. The number of sulfonamides is 1. The molecule has 0 radical (unpaired) electrons. The molecule has 1 aliphatic heterocycles. The molecule has 106 valence electrons. The molecule has 0 aromatic heterocycles. The predicted molar refractivity (Wildman–Crippen MR) is 76.2 cm³/mol. The highest BCUT2D eigenvalue weighted by molar-refractivity contribution is 7.89. The van der Waals surface area contributed by atoms with E-state index in [4.69, 9.17) is 5.73 Å². The maximum atomic E-state index is 12.7. The second-order valence-corrected chi connectivity index (χ2v) is 7.45. The third kappa shape index (κ3) is 2.68. The van der Waals surface area contributed by atoms with Crippen LogP contribution in [0.3, 0.4) is 0 Å². The van der Waals surface area contributed by atoms with E-state index in [-0.39, 0.29) is 6.04 Å². The first-order chi connectivity index (χ1) is 8.86. The van der Waals surface area contributed by atoms with Crippen molar-refractivity contribution in [2.45, 2.75) is 44.7 Å². The highest BCUT2D eigenvalue weighted by Crippen LogP contribution is 2.29. The maximum Gasteiger partial charge on any atom is 0.243 e. The van der Waals surface area contributed by atoms with Crippen LogP contribution in [0.15, 0.2) is 23.1 Å². The van der Waals surface area contributed by atoms with Crippen molar-refractivity contribution in [3.05, 3.63) is 29.3 Å². The lowest BCUT2D eigenvalue weighted by molar-refractivity contribution is 0.405. The Morgan fingerprint density at radius 2 is 2.05 bits per heavy atom. The van der Waals surface area contributed by atoms with Crippen molar-refractivity contribution in [3.63, 3.8) is 0 Å². The number of hydrogen-bond donors (Lipinski definition) is 1. The second-order valence-electron chi connectivity index (χ2n) is 5.56. The van der Waals surface area contributed by atoms with Crippen LogP contribution in [0.2, 0.25) is 0 Å². The molecule has 2 rings (SSSR count). The van der Waals surface area contributed by atoms with Gasteiger partial charge in [-0.05, 0) is 49.4 Å². The minimum absolute atomic E-state index is 0.0719. The monoisotopic (exact) mass is 282 g/mol. The summed E-state index contributed by atoms with van der Waals surface area (Å²) in [7, 11) is -3.39. The predicted octanol–water partition coefficient (Wildman–Crippen LogP) is 1.87. The van der Waals surface area contributed by atoms with Gasteiger partial charge in [0, 0.05) is 19.1 Å². The van der Waals surface area contributed by atoms with Gasteiger partial charge in [0.05, 0.1) is 4.90 Å². The second kappa shape index (κ2) is 5.23. The Bertz CT molecular complexity index is 569. The molecule has 1 saturated heterocycles. The van der Waals surface area contributed by atoms with E-state index in [1.165, 1.54) is 0 Å². The van der Waals surface area contributed by atoms with Crippen molar-refractivity contribution in [1.29, 1.82) is 0 Å². The summed E-state index contributed by atoms with van der Waals surface area (Å²) in [5, 5.41) is 0. The number of aryl methyl sites for hydroxylation is 1. The molecule has 0 amide bonds. The standard InChI is InChI=1S/C14H22N2O2S/c1-10-6-12(3)16(9-10)19(17,18)14-5-4-11(2)13(7-14)8-15/h4-5,7,10,12H,6,8-9,15H2,1-3H3. The molecule has 0 spiro atoms. The van der Waals surface area contributed by atoms with Crippen LogP contribution in [0, 0.1) is 12.8 Å². The number of hydrogen-bond acceptors (Lipinski definition) is 3. The van der Waals surface area contributed by atoms with E-state index in [1.807, 2.05) is 19.9 Å². The van der Waals surface area contributed by atoms with Crippen LogP contribution in [0.4, 0.5) is 0 Å². The molecule has 2 atom stereocenters. The van der Waals surface area contributed by atoms with E-state index < -0.39 is 10.0 Å². The fraction of sp³-hybridized carbons (Fsp3) is 0.571. The first-order valence-corrected chi connectivity index (χ1v) is 8.11. The average molecular weight is 282 g/mol. The van der Waals surface area contributed by atoms with E-state index in [2.05, 4.69) is 6.92 Å². The van der Waals surface area contributed by atoms with Gasteiger partial charge in [0.1, 0.15) is 0 Å². The van der Waals surface area contributed by atoms with Crippen LogP contribution >= 0.6 is 0 Å². The summed E-state index contributed by atoms with van der Waals surface area (Å²) >= 11 is 0. The Hall–Kier alpha value is -0.910. The molecule has 0 bridgehead atoms. The van der Waals surface area contributed by atoms with Crippen molar-refractivity contribution in [3.8, 4) is 0 Å². The van der Waals surface area contributed by atoms with Gasteiger partial charge in [-0.15, -0.1) is 0 Å². The minimum atomic E-state index is -3.39. The fourth-order valence-corrected chi connectivity index (χ4v) is 4.57. The van der Waals surface area contributed by atoms with Crippen LogP contribution in [0.25, 0.3) is 0 Å². The third-order valence-corrected chi connectivity index (χ3v) is 5.85. The Morgan fingerprint density at radius 1 is 1.37 bits per heavy atom. The third-order valence-electron chi connectivity index (χ3n) is 3.87. The SMILES string of the molecule is Cc1ccc(S(=O)(=O)N2CC(C)CC2C)cc1CN. The summed E-state index contributed by atoms with van der Waals surface area (Å²) < 4.78 is 26.9. The molecule has 1 aromatic carbocycles. The van der Waals surface area contributed by atoms with Gasteiger partial charge in [0.2, 0.25) is 10.0 Å². The fourth-order valence-electron chi connectivity index (χ4n) is 2.76. The zero-order valence-corrected chi connectivity index (χ0v) is 12.6. The molecule has 4 nitrogen and oxygen atoms in total. The normalized spacial score (nSPS) is 24.8. The molecule has 2 unspecified atom stereocenters. The summed E-state index contributed by atoms with van der Waals surface area (Å²) in [6, 6.07) is 5.29. The lowest BCUT2D eigenvalue weighted by Gasteiger charge is -2.21. The molecule has 1 heterocycles. The molecular formula is C14H22N2O2S. The number of rotatable bonds is 3. The van der Waals surface area contributed by atoms with Gasteiger partial charge in [0.25, 0.3) is 0 Å². The van der Waals surface area contributed by atoms with Gasteiger partial charge in [-0.25, -0.2) is 8.42 Å². The summed E-state index contributed by atoms with van der Waals surface area (Å²) in [4.78, 5) is 0.361. The lowest BCUT2D eigenvalue weighted by atomic mass is 10.1. The number of benzene rings is 1. The summed E-state index contributed by atoms with van der Waals surface area (Å²) in [5.74, 6) is 0.421. The van der Waals surface area contributed by atoms with Crippen molar-refractivity contribution >= 4 is 10.0 Å². The van der Waals surface area contributed by atoms with E-state index in [0.717, 1.165) is 17.5 Å². The molecule has 0 saturated carbocycles. The highest BCUT2D eigenvalue weighted by atomic mass is 32.2. The first kappa shape index (κ1) is 14.5. The van der Waals surface area contributed by atoms with Crippen LogP contribution in [0.1, 0.15) is 31.4 Å². The van der Waals surface area contributed by atoms with E-state index in [1.54, 1.807) is 16.4 Å². The van der Waals surface area contributed by atoms with Crippen LogP contribution < -0.4 is 5.73 Å². The molecule has 5 heteroatoms. The van der Waals surface area contributed by atoms with Crippen molar-refractivity contribution < 1.29 is 8.42 Å². The van der Waals surface area contributed by atoms with Gasteiger partial charge in [-0.1, -0.05) is 13.0 Å². The Kier molecular flexibility index (Phi) is 3.99. The summed E-state index contributed by atoms with van der Waals surface area (Å²) in [5.41, 5.74) is 7.58. The molecule has 19 heavy (non-hydrogen) atoms. The molecule has 0 aliphatic carbocycles. The van der Waals surface area contributed by atoms with Crippen LogP contribution in [-0.2, 0) is 16.6 Å². The van der Waals surface area contributed by atoms with E-state index in [0.29, 0.717) is 23.9 Å². The lowest BCUT2D eigenvalue weighted by Crippen LogP contribution is -2.34. The summed E-state index contributed by atoms with van der Waals surface area (Å²) in [6.45, 7) is 6.97. The molecule has 1 fully saturated rings. The largest absolute Gasteiger partial charge is 0.326 e. The molecule has 1 aliphatic rings. The van der Waals surface area contributed by atoms with Crippen LogP contribution in [0.5, 0.6) is 0 Å². The smallest absolute Gasteiger partial charge is 0.243 e. The van der Waals surface area contributed by atoms with Crippen molar-refractivity contribution in [1.82, 2.24) is 4.31 Å². The molecular weight excluding hydrogens is 260 g/mol. The van der Waals surface area contributed by atoms with Gasteiger partial charge in [0.15, 0.2) is 0 Å². The van der Waals surface area contributed by atoms with Gasteiger partial charge >= 0.3 is 0 Å². The average Bonchev–Trinajstić information content (AvgIpc) is 2.69. The quantitative estimate of drug-likeness (QED) is 0.920. The van der Waals surface area contributed by atoms with Crippen molar-refractivity contribution in [2.24, 2.45) is 11.7 Å². The number of nitrogens with two attached hydrogens (primary N) is 1. The van der Waals surface area contributed by atoms with Gasteiger partial charge in [-0.3, -0.25) is 0 Å². The van der Waals surface area contributed by atoms with E-state index >= 15 is 0 Å².